The summed E-state index contributed by atoms with van der Waals surface area (Å²) in [6.07, 6.45) is 3.81. The van der Waals surface area contributed by atoms with Gasteiger partial charge < -0.3 is 15.0 Å². The van der Waals surface area contributed by atoms with Crippen LogP contribution >= 0.6 is 0 Å². The largest absolute Gasteiger partial charge is 0.497 e. The average molecular weight is 445 g/mol. The number of rotatable bonds is 5. The Morgan fingerprint density at radius 2 is 1.72 bits per heavy atom. The standard InChI is InChI=1S/C23H22F3N3O3/c1-32-15-7-5-14(6-8-15)20-22(31)29(23(28-20)11-3-2-4-12-23)13-18(30)27-21-17(25)10-9-16(24)19(21)26/h5-10H,2-4,11-13H2,1H3,(H,27,30). The van der Waals surface area contributed by atoms with Crippen molar-refractivity contribution in [2.45, 2.75) is 37.8 Å². The van der Waals surface area contributed by atoms with Gasteiger partial charge >= 0.3 is 0 Å². The van der Waals surface area contributed by atoms with Crippen molar-refractivity contribution in [1.29, 1.82) is 0 Å². The van der Waals surface area contributed by atoms with E-state index in [4.69, 9.17) is 9.73 Å². The summed E-state index contributed by atoms with van der Waals surface area (Å²) in [4.78, 5) is 32.0. The molecule has 1 saturated carbocycles. The number of ether oxygens (including phenoxy) is 1. The normalized spacial score (nSPS) is 17.4. The number of amides is 2. The summed E-state index contributed by atoms with van der Waals surface area (Å²) in [6, 6.07) is 8.21. The Kier molecular flexibility index (Phi) is 5.90. The predicted octanol–water partition coefficient (Wildman–Crippen LogP) is 4.04. The summed E-state index contributed by atoms with van der Waals surface area (Å²) in [5.74, 6) is -4.53. The Labute approximate surface area is 183 Å². The molecular formula is C23H22F3N3O3. The summed E-state index contributed by atoms with van der Waals surface area (Å²) in [6.45, 7) is -0.461. The number of nitrogens with zero attached hydrogens (tertiary/aromatic N) is 2. The molecule has 2 aromatic carbocycles. The van der Waals surface area contributed by atoms with E-state index < -0.39 is 47.2 Å². The number of hydrogen-bond acceptors (Lipinski definition) is 4. The Bertz CT molecular complexity index is 1080. The van der Waals surface area contributed by atoms with E-state index in [1.54, 1.807) is 24.3 Å². The molecule has 2 amide bonds. The van der Waals surface area contributed by atoms with Crippen molar-refractivity contribution >= 4 is 23.2 Å². The molecule has 0 aromatic heterocycles. The smallest absolute Gasteiger partial charge is 0.275 e. The van der Waals surface area contributed by atoms with E-state index in [1.807, 2.05) is 0 Å². The van der Waals surface area contributed by atoms with Crippen LogP contribution in [-0.2, 0) is 9.59 Å². The highest BCUT2D eigenvalue weighted by molar-refractivity contribution is 6.47. The van der Waals surface area contributed by atoms with Crippen LogP contribution in [0.2, 0.25) is 0 Å². The summed E-state index contributed by atoms with van der Waals surface area (Å²) in [5.41, 5.74) is -0.951. The van der Waals surface area contributed by atoms with E-state index in [2.05, 4.69) is 5.32 Å². The molecule has 1 fully saturated rings. The summed E-state index contributed by atoms with van der Waals surface area (Å²) in [7, 11) is 1.54. The zero-order valence-electron chi connectivity index (χ0n) is 17.5. The van der Waals surface area contributed by atoms with Crippen LogP contribution < -0.4 is 10.1 Å². The van der Waals surface area contributed by atoms with Crippen LogP contribution in [0.4, 0.5) is 18.9 Å². The van der Waals surface area contributed by atoms with Crippen LogP contribution in [0.1, 0.15) is 37.7 Å². The lowest BCUT2D eigenvalue weighted by molar-refractivity contribution is -0.134. The second kappa shape index (κ2) is 8.64. The minimum atomic E-state index is -1.49. The van der Waals surface area contributed by atoms with Gasteiger partial charge in [-0.05, 0) is 62.1 Å². The molecule has 2 aromatic rings. The zero-order chi connectivity index (χ0) is 22.9. The molecule has 9 heteroatoms. The molecule has 1 aliphatic carbocycles. The fourth-order valence-corrected chi connectivity index (χ4v) is 4.25. The van der Waals surface area contributed by atoms with Gasteiger partial charge in [0.25, 0.3) is 5.91 Å². The molecule has 2 aliphatic rings. The highest BCUT2D eigenvalue weighted by Crippen LogP contribution is 2.39. The maximum atomic E-state index is 14.0. The van der Waals surface area contributed by atoms with E-state index in [9.17, 15) is 22.8 Å². The predicted molar refractivity (Wildman–Crippen MR) is 112 cm³/mol. The number of benzene rings is 2. The van der Waals surface area contributed by atoms with Crippen LogP contribution in [0, 0.1) is 17.5 Å². The van der Waals surface area contributed by atoms with Crippen molar-refractivity contribution in [2.24, 2.45) is 4.99 Å². The van der Waals surface area contributed by atoms with Gasteiger partial charge in [-0.2, -0.15) is 0 Å². The molecule has 0 unspecified atom stereocenters. The number of aliphatic imine (C=N–C) groups is 1. The number of halogens is 3. The Hall–Kier alpha value is -3.36. The number of methoxy groups -OCH3 is 1. The molecular weight excluding hydrogens is 423 g/mol. The fraction of sp³-hybridized carbons (Fsp3) is 0.348. The van der Waals surface area contributed by atoms with E-state index in [1.165, 1.54) is 12.0 Å². The molecule has 0 saturated heterocycles. The highest BCUT2D eigenvalue weighted by Gasteiger charge is 2.48. The van der Waals surface area contributed by atoms with Gasteiger partial charge in [0.2, 0.25) is 5.91 Å². The van der Waals surface area contributed by atoms with Crippen LogP contribution in [-0.4, -0.2) is 41.7 Å². The summed E-state index contributed by atoms with van der Waals surface area (Å²) < 4.78 is 46.5. The molecule has 32 heavy (non-hydrogen) atoms. The number of anilines is 1. The molecule has 1 heterocycles. The lowest BCUT2D eigenvalue weighted by Gasteiger charge is -2.38. The van der Waals surface area contributed by atoms with E-state index in [0.29, 0.717) is 30.2 Å². The molecule has 1 N–H and O–H groups in total. The van der Waals surface area contributed by atoms with Crippen molar-refractivity contribution in [3.05, 3.63) is 59.4 Å². The third-order valence-electron chi connectivity index (χ3n) is 5.90. The third-order valence-corrected chi connectivity index (χ3v) is 5.90. The average Bonchev–Trinajstić information content (AvgIpc) is 3.05. The SMILES string of the molecule is COc1ccc(C2=NC3(CCCCC3)N(CC(=O)Nc3c(F)ccc(F)c3F)C2=O)cc1. The maximum absolute atomic E-state index is 14.0. The number of carbonyl (C=O) groups is 2. The van der Waals surface area contributed by atoms with E-state index >= 15 is 0 Å². The second-order valence-electron chi connectivity index (χ2n) is 7.89. The molecule has 4 rings (SSSR count). The Morgan fingerprint density at radius 3 is 2.38 bits per heavy atom. The van der Waals surface area contributed by atoms with Gasteiger partial charge in [0.05, 0.1) is 7.11 Å². The zero-order valence-corrected chi connectivity index (χ0v) is 17.5. The highest BCUT2D eigenvalue weighted by atomic mass is 19.2. The molecule has 0 bridgehead atoms. The van der Waals surface area contributed by atoms with Gasteiger partial charge in [-0.3, -0.25) is 14.6 Å². The van der Waals surface area contributed by atoms with Gasteiger partial charge in [-0.1, -0.05) is 6.42 Å². The third kappa shape index (κ3) is 3.94. The summed E-state index contributed by atoms with van der Waals surface area (Å²) >= 11 is 0. The fourth-order valence-electron chi connectivity index (χ4n) is 4.25. The first-order valence-electron chi connectivity index (χ1n) is 10.3. The van der Waals surface area contributed by atoms with Crippen molar-refractivity contribution in [3.63, 3.8) is 0 Å². The Balaban J connectivity index is 1.60. The van der Waals surface area contributed by atoms with E-state index in [-0.39, 0.29) is 5.71 Å². The quantitative estimate of drug-likeness (QED) is 0.706. The first-order valence-corrected chi connectivity index (χ1v) is 10.3. The Morgan fingerprint density at radius 1 is 1.06 bits per heavy atom. The first-order chi connectivity index (χ1) is 15.3. The molecule has 0 radical (unpaired) electrons. The van der Waals surface area contributed by atoms with E-state index in [0.717, 1.165) is 25.3 Å². The first kappa shape index (κ1) is 21.9. The van der Waals surface area contributed by atoms with Crippen LogP contribution in [0.15, 0.2) is 41.4 Å². The molecule has 0 atom stereocenters. The van der Waals surface area contributed by atoms with Crippen molar-refractivity contribution < 1.29 is 27.5 Å². The van der Waals surface area contributed by atoms with Gasteiger partial charge in [-0.15, -0.1) is 0 Å². The topological polar surface area (TPSA) is 71.0 Å². The van der Waals surface area contributed by atoms with Gasteiger partial charge in [-0.25, -0.2) is 13.2 Å². The number of hydrogen-bond donors (Lipinski definition) is 1. The molecule has 1 spiro atoms. The van der Waals surface area contributed by atoms with Crippen LogP contribution in [0.3, 0.4) is 0 Å². The van der Waals surface area contributed by atoms with Gasteiger partial charge in [0.1, 0.15) is 35.2 Å². The second-order valence-corrected chi connectivity index (χ2v) is 7.89. The van der Waals surface area contributed by atoms with Crippen LogP contribution in [0.25, 0.3) is 0 Å². The van der Waals surface area contributed by atoms with Crippen molar-refractivity contribution in [2.75, 3.05) is 19.0 Å². The number of nitrogens with one attached hydrogen (secondary N) is 1. The molecule has 168 valence electrons. The lowest BCUT2D eigenvalue weighted by Crippen LogP contribution is -2.51. The minimum absolute atomic E-state index is 0.227. The lowest BCUT2D eigenvalue weighted by atomic mass is 9.88. The van der Waals surface area contributed by atoms with Crippen molar-refractivity contribution in [3.8, 4) is 5.75 Å². The number of carbonyl (C=O) groups excluding carboxylic acids is 2. The maximum Gasteiger partial charge on any atom is 0.275 e. The molecule has 1 aliphatic heterocycles. The van der Waals surface area contributed by atoms with Crippen LogP contribution in [0.5, 0.6) is 5.75 Å². The van der Waals surface area contributed by atoms with Crippen molar-refractivity contribution in [1.82, 2.24) is 4.90 Å². The molecule has 6 nitrogen and oxygen atoms in total. The monoisotopic (exact) mass is 445 g/mol. The van der Waals surface area contributed by atoms with Gasteiger partial charge in [0, 0.05) is 5.56 Å². The van der Waals surface area contributed by atoms with Gasteiger partial charge in [0.15, 0.2) is 11.6 Å². The summed E-state index contributed by atoms with van der Waals surface area (Å²) in [5, 5.41) is 2.07. The minimum Gasteiger partial charge on any atom is -0.497 e.